The minimum Gasteiger partial charge on any atom is -0.480 e. The second-order valence-corrected chi connectivity index (χ2v) is 8.81. The van der Waals surface area contributed by atoms with Crippen LogP contribution in [0.15, 0.2) is 0 Å². The summed E-state index contributed by atoms with van der Waals surface area (Å²) in [7, 11) is 0. The minimum absolute atomic E-state index is 0.00817. The molecule has 1 aliphatic carbocycles. The van der Waals surface area contributed by atoms with Gasteiger partial charge in [0.25, 0.3) is 0 Å². The van der Waals surface area contributed by atoms with E-state index in [-0.39, 0.29) is 23.8 Å². The third-order valence-corrected chi connectivity index (χ3v) is 6.24. The molecule has 31 heavy (non-hydrogen) atoms. The van der Waals surface area contributed by atoms with Gasteiger partial charge in [0.15, 0.2) is 0 Å². The molecule has 6 atom stereocenters. The first-order valence-corrected chi connectivity index (χ1v) is 11.9. The maximum Gasteiger partial charge on any atom is 0.326 e. The molecule has 180 valence electrons. The van der Waals surface area contributed by atoms with Crippen LogP contribution in [0.25, 0.3) is 0 Å². The number of carboxylic acids is 1. The van der Waals surface area contributed by atoms with Gasteiger partial charge in [-0.3, -0.25) is 14.9 Å². The average molecular weight is 442 g/mol. The van der Waals surface area contributed by atoms with Crippen LogP contribution < -0.4 is 11.1 Å². The van der Waals surface area contributed by atoms with Crippen molar-refractivity contribution in [2.45, 2.75) is 116 Å². The molecule has 2 aliphatic rings. The lowest BCUT2D eigenvalue weighted by Crippen LogP contribution is -2.55. The highest BCUT2D eigenvalue weighted by molar-refractivity contribution is 5.88. The molecular weight excluding hydrogens is 398 g/mol. The first-order chi connectivity index (χ1) is 14.7. The zero-order valence-electron chi connectivity index (χ0n) is 19.9. The van der Waals surface area contributed by atoms with Crippen molar-refractivity contribution in [2.24, 2.45) is 11.7 Å². The lowest BCUT2D eigenvalue weighted by Gasteiger charge is -2.35. The van der Waals surface area contributed by atoms with Gasteiger partial charge in [-0.25, -0.2) is 4.79 Å². The highest BCUT2D eigenvalue weighted by Gasteiger charge is 2.48. The van der Waals surface area contributed by atoms with Gasteiger partial charge in [-0.2, -0.15) is 0 Å². The second kappa shape index (κ2) is 13.7. The van der Waals surface area contributed by atoms with E-state index < -0.39 is 24.1 Å². The van der Waals surface area contributed by atoms with Gasteiger partial charge < -0.3 is 20.5 Å². The zero-order valence-corrected chi connectivity index (χ0v) is 19.9. The molecule has 0 aromatic carbocycles. The zero-order chi connectivity index (χ0) is 23.6. The molecule has 0 radical (unpaired) electrons. The lowest BCUT2D eigenvalue weighted by atomic mass is 9.84. The summed E-state index contributed by atoms with van der Waals surface area (Å²) in [5, 5.41) is 12.7. The molecular formula is C23H43N3O5. The van der Waals surface area contributed by atoms with E-state index in [1.54, 1.807) is 18.7 Å². The highest BCUT2D eigenvalue weighted by Crippen LogP contribution is 2.40. The van der Waals surface area contributed by atoms with Crippen molar-refractivity contribution in [1.29, 1.82) is 0 Å². The van der Waals surface area contributed by atoms with E-state index in [1.165, 1.54) is 0 Å². The lowest BCUT2D eigenvalue weighted by molar-refractivity contribution is -0.152. The van der Waals surface area contributed by atoms with E-state index in [9.17, 15) is 19.5 Å². The van der Waals surface area contributed by atoms with E-state index in [2.05, 4.69) is 12.2 Å². The topological polar surface area (TPSA) is 122 Å². The smallest absolute Gasteiger partial charge is 0.326 e. The van der Waals surface area contributed by atoms with E-state index in [1.807, 2.05) is 13.8 Å². The molecule has 1 saturated carbocycles. The Balaban J connectivity index is 0.000000861. The van der Waals surface area contributed by atoms with Crippen LogP contribution in [0.5, 0.6) is 0 Å². The number of hydrogen-bond donors (Lipinski definition) is 3. The Morgan fingerprint density at radius 2 is 1.77 bits per heavy atom. The van der Waals surface area contributed by atoms with Crippen molar-refractivity contribution in [3.63, 3.8) is 0 Å². The first-order valence-electron chi connectivity index (χ1n) is 11.9. The number of nitrogens with zero attached hydrogens (tertiary/aromatic N) is 1. The number of nitrogens with two attached hydrogens (primary N) is 1. The van der Waals surface area contributed by atoms with Crippen LogP contribution in [0.1, 0.15) is 86.0 Å². The van der Waals surface area contributed by atoms with Gasteiger partial charge in [0, 0.05) is 12.1 Å². The summed E-state index contributed by atoms with van der Waals surface area (Å²) in [4.78, 5) is 38.5. The molecule has 0 spiro atoms. The van der Waals surface area contributed by atoms with Crippen molar-refractivity contribution < 1.29 is 24.2 Å². The largest absolute Gasteiger partial charge is 0.480 e. The molecule has 0 aromatic rings. The molecule has 2 rings (SSSR count). The molecule has 1 heterocycles. The molecule has 4 N–H and O–H groups in total. The number of hydrogen-bond acceptors (Lipinski definition) is 6. The van der Waals surface area contributed by atoms with Crippen LogP contribution >= 0.6 is 0 Å². The van der Waals surface area contributed by atoms with E-state index in [0.29, 0.717) is 25.5 Å². The number of rotatable bonds is 9. The summed E-state index contributed by atoms with van der Waals surface area (Å²) in [6, 6.07) is -1.54. The maximum atomic E-state index is 13.1. The van der Waals surface area contributed by atoms with E-state index in [0.717, 1.165) is 38.5 Å². The van der Waals surface area contributed by atoms with Crippen molar-refractivity contribution in [3.8, 4) is 0 Å². The maximum absolute atomic E-state index is 13.1. The van der Waals surface area contributed by atoms with Crippen LogP contribution in [0, 0.1) is 5.92 Å². The summed E-state index contributed by atoms with van der Waals surface area (Å²) in [6.45, 7) is 9.79. The monoisotopic (exact) mass is 441 g/mol. The Morgan fingerprint density at radius 3 is 2.29 bits per heavy atom. The molecule has 2 fully saturated rings. The number of aliphatic carboxylic acids is 1. The number of esters is 1. The molecule has 1 aliphatic heterocycles. The van der Waals surface area contributed by atoms with Crippen LogP contribution in [0.4, 0.5) is 0 Å². The summed E-state index contributed by atoms with van der Waals surface area (Å²) >= 11 is 0. The molecule has 1 saturated heterocycles. The van der Waals surface area contributed by atoms with Crippen molar-refractivity contribution >= 4 is 17.8 Å². The Kier molecular flexibility index (Phi) is 12.1. The van der Waals surface area contributed by atoms with Crippen molar-refractivity contribution in [1.82, 2.24) is 10.2 Å². The third-order valence-electron chi connectivity index (χ3n) is 6.24. The van der Waals surface area contributed by atoms with Gasteiger partial charge in [0.05, 0.1) is 12.6 Å². The molecule has 8 heteroatoms. The SMILES string of the molecule is CCC(C)N.CCCC(NC(C)C(=O)N1[C@H](C(=O)O)C[C@@H]2CCCC[C@@H]21)C(=O)OCC. The Hall–Kier alpha value is -1.67. The fraction of sp³-hybridized carbons (Fsp3) is 0.870. The van der Waals surface area contributed by atoms with Gasteiger partial charge in [0.1, 0.15) is 12.1 Å². The fourth-order valence-electron chi connectivity index (χ4n) is 4.39. The summed E-state index contributed by atoms with van der Waals surface area (Å²) < 4.78 is 5.09. The molecule has 3 unspecified atom stereocenters. The van der Waals surface area contributed by atoms with Crippen LogP contribution in [0.2, 0.25) is 0 Å². The minimum atomic E-state index is -0.935. The normalized spacial score (nSPS) is 25.5. The van der Waals surface area contributed by atoms with Crippen LogP contribution in [-0.4, -0.2) is 64.7 Å². The number of carbonyl (C=O) groups is 3. The van der Waals surface area contributed by atoms with Crippen molar-refractivity contribution in [2.75, 3.05) is 6.61 Å². The standard InChI is InChI=1S/C19H32N2O5.C4H11N/c1-4-8-14(19(25)26-5-2)20-12(3)17(22)21-15-10-7-6-9-13(15)11-16(21)18(23)24;1-3-4(2)5/h12-16,20H,4-11H2,1-3H3,(H,23,24);4H,3,5H2,1-2H3/t12?,13-,14?,15-,16-;/m0./s1. The molecule has 0 aromatic heterocycles. The van der Waals surface area contributed by atoms with E-state index in [4.69, 9.17) is 10.5 Å². The highest BCUT2D eigenvalue weighted by atomic mass is 16.5. The van der Waals surface area contributed by atoms with Gasteiger partial charge in [-0.05, 0) is 58.8 Å². The predicted octanol–water partition coefficient (Wildman–Crippen LogP) is 2.68. The van der Waals surface area contributed by atoms with Gasteiger partial charge in [0.2, 0.25) is 5.91 Å². The third kappa shape index (κ3) is 8.07. The first kappa shape index (κ1) is 27.4. The van der Waals surface area contributed by atoms with Gasteiger partial charge >= 0.3 is 11.9 Å². The quantitative estimate of drug-likeness (QED) is 0.470. The molecule has 8 nitrogen and oxygen atoms in total. The number of fused-ring (bicyclic) bond motifs is 1. The van der Waals surface area contributed by atoms with Crippen LogP contribution in [-0.2, 0) is 19.1 Å². The number of amides is 1. The fourth-order valence-corrected chi connectivity index (χ4v) is 4.39. The Labute approximate surface area is 187 Å². The Bertz CT molecular complexity index is 584. The number of carboxylic acid groups (broad SMARTS) is 1. The molecule has 0 bridgehead atoms. The second-order valence-electron chi connectivity index (χ2n) is 8.81. The average Bonchev–Trinajstić information content (AvgIpc) is 3.13. The molecule has 1 amide bonds. The van der Waals surface area contributed by atoms with Gasteiger partial charge in [-0.1, -0.05) is 33.1 Å². The number of ether oxygens (including phenoxy) is 1. The summed E-state index contributed by atoms with van der Waals surface area (Å²) in [6.07, 6.45) is 6.96. The van der Waals surface area contributed by atoms with Crippen LogP contribution in [0.3, 0.4) is 0 Å². The number of carbonyl (C=O) groups excluding carboxylic acids is 2. The number of likely N-dealkylation sites (tertiary alicyclic amines) is 1. The number of nitrogens with one attached hydrogen (secondary N) is 1. The summed E-state index contributed by atoms with van der Waals surface area (Å²) in [5.74, 6) is -1.24. The summed E-state index contributed by atoms with van der Waals surface area (Å²) in [5.41, 5.74) is 5.29. The van der Waals surface area contributed by atoms with Gasteiger partial charge in [-0.15, -0.1) is 0 Å². The predicted molar refractivity (Wildman–Crippen MR) is 120 cm³/mol. The van der Waals surface area contributed by atoms with Crippen molar-refractivity contribution in [3.05, 3.63) is 0 Å². The Morgan fingerprint density at radius 1 is 1.16 bits per heavy atom. The van der Waals surface area contributed by atoms with E-state index >= 15 is 0 Å².